The van der Waals surface area contributed by atoms with Crippen LogP contribution >= 0.6 is 11.6 Å². The maximum absolute atomic E-state index is 12.9. The molecule has 2 N–H and O–H groups in total. The zero-order valence-corrected chi connectivity index (χ0v) is 19.8. The molecule has 2 aromatic rings. The summed E-state index contributed by atoms with van der Waals surface area (Å²) < 4.78 is 27.6. The van der Waals surface area contributed by atoms with Gasteiger partial charge in [-0.25, -0.2) is 8.42 Å². The van der Waals surface area contributed by atoms with Gasteiger partial charge in [-0.2, -0.15) is 4.72 Å². The van der Waals surface area contributed by atoms with Crippen molar-refractivity contribution in [3.05, 3.63) is 76.2 Å². The summed E-state index contributed by atoms with van der Waals surface area (Å²) >= 11 is 6.33. The molecule has 2 rings (SSSR count). The van der Waals surface area contributed by atoms with Gasteiger partial charge in [0.1, 0.15) is 6.04 Å². The number of hydrogen-bond donors (Lipinski definition) is 2. The molecule has 0 aromatic heterocycles. The predicted molar refractivity (Wildman–Crippen MR) is 127 cm³/mol. The number of likely N-dealkylation sites (N-methyl/N-ethyl adjacent to an activating group) is 1. The van der Waals surface area contributed by atoms with Crippen molar-refractivity contribution in [3.63, 3.8) is 0 Å². The maximum atomic E-state index is 12.9. The van der Waals surface area contributed by atoms with Gasteiger partial charge in [0.05, 0.1) is 6.04 Å². The van der Waals surface area contributed by atoms with Crippen molar-refractivity contribution in [3.8, 4) is 0 Å². The summed E-state index contributed by atoms with van der Waals surface area (Å²) in [7, 11) is -0.00579. The summed E-state index contributed by atoms with van der Waals surface area (Å²) in [6.45, 7) is 3.89. The molecule has 6 nitrogen and oxygen atoms in total. The molecule has 2 aromatic carbocycles. The lowest BCUT2D eigenvalue weighted by atomic mass is 10.0. The minimum absolute atomic E-state index is 0.153. The minimum atomic E-state index is -3.81. The lowest BCUT2D eigenvalue weighted by Crippen LogP contribution is -2.50. The molecule has 1 amide bonds. The first-order chi connectivity index (χ1) is 14.6. The molecule has 2 unspecified atom stereocenters. The fourth-order valence-electron chi connectivity index (χ4n) is 3.06. The highest BCUT2D eigenvalue weighted by Gasteiger charge is 2.27. The summed E-state index contributed by atoms with van der Waals surface area (Å²) in [4.78, 5) is 14.8. The van der Waals surface area contributed by atoms with E-state index in [9.17, 15) is 13.2 Å². The number of halogens is 1. The van der Waals surface area contributed by atoms with Crippen LogP contribution in [0.2, 0.25) is 5.02 Å². The number of carbonyl (C=O) groups is 1. The zero-order valence-electron chi connectivity index (χ0n) is 18.2. The van der Waals surface area contributed by atoms with Gasteiger partial charge in [-0.1, -0.05) is 74.0 Å². The van der Waals surface area contributed by atoms with E-state index in [4.69, 9.17) is 11.6 Å². The smallest absolute Gasteiger partial charge is 0.238 e. The Morgan fingerprint density at radius 1 is 1.06 bits per heavy atom. The minimum Gasteiger partial charge on any atom is -0.353 e. The Labute approximate surface area is 190 Å². The number of carbonyl (C=O) groups excluding carboxylic acids is 1. The predicted octanol–water partition coefficient (Wildman–Crippen LogP) is 3.67. The molecule has 0 bridgehead atoms. The summed E-state index contributed by atoms with van der Waals surface area (Å²) in [5, 5.41) is 4.57. The molecule has 0 radical (unpaired) electrons. The number of nitrogens with one attached hydrogen (secondary N) is 2. The summed E-state index contributed by atoms with van der Waals surface area (Å²) in [6.07, 6.45) is 1.50. The molecule has 8 heteroatoms. The van der Waals surface area contributed by atoms with E-state index in [0.29, 0.717) is 11.6 Å². The van der Waals surface area contributed by atoms with Crippen LogP contribution in [-0.2, 0) is 14.8 Å². The molecule has 0 saturated heterocycles. The zero-order chi connectivity index (χ0) is 23.0. The topological polar surface area (TPSA) is 78.5 Å². The Bertz CT molecular complexity index is 992. The SMILES string of the molecule is CC(C)C(NS(=O)(=O)C=Cc1ccccc1)C(=O)NCC(c1ccccc1Cl)N(C)C. The van der Waals surface area contributed by atoms with Crippen LogP contribution in [0.25, 0.3) is 6.08 Å². The Morgan fingerprint density at radius 2 is 1.68 bits per heavy atom. The highest BCUT2D eigenvalue weighted by atomic mass is 35.5. The first-order valence-electron chi connectivity index (χ1n) is 10.0. The Morgan fingerprint density at radius 3 is 2.26 bits per heavy atom. The molecular formula is C23H30ClN3O3S. The number of nitrogens with zero attached hydrogens (tertiary/aromatic N) is 1. The molecule has 0 aliphatic rings. The van der Waals surface area contributed by atoms with Gasteiger partial charge >= 0.3 is 0 Å². The quantitative estimate of drug-likeness (QED) is 0.563. The maximum Gasteiger partial charge on any atom is 0.238 e. The lowest BCUT2D eigenvalue weighted by Gasteiger charge is -2.27. The van der Waals surface area contributed by atoms with E-state index in [-0.39, 0.29) is 17.9 Å². The van der Waals surface area contributed by atoms with E-state index >= 15 is 0 Å². The van der Waals surface area contributed by atoms with Crippen LogP contribution in [0.1, 0.15) is 31.0 Å². The molecule has 0 heterocycles. The molecule has 0 aliphatic heterocycles. The third kappa shape index (κ3) is 7.78. The molecular weight excluding hydrogens is 434 g/mol. The number of sulfonamides is 1. The normalized spacial score (nSPS) is 14.2. The number of rotatable bonds is 10. The molecule has 0 aliphatic carbocycles. The second-order valence-electron chi connectivity index (χ2n) is 7.84. The standard InChI is InChI=1S/C23H30ClN3O3S/c1-17(2)22(26-31(29,30)15-14-18-10-6-5-7-11-18)23(28)25-16-21(27(3)4)19-12-8-9-13-20(19)24/h5-15,17,21-22,26H,16H2,1-4H3,(H,25,28). The molecule has 168 valence electrons. The molecule has 31 heavy (non-hydrogen) atoms. The average Bonchev–Trinajstić information content (AvgIpc) is 2.72. The van der Waals surface area contributed by atoms with E-state index < -0.39 is 16.1 Å². The van der Waals surface area contributed by atoms with Crippen LogP contribution in [0.15, 0.2) is 60.0 Å². The third-order valence-corrected chi connectivity index (χ3v) is 6.26. The van der Waals surface area contributed by atoms with Gasteiger partial charge in [-0.3, -0.25) is 4.79 Å². The van der Waals surface area contributed by atoms with Crippen molar-refractivity contribution in [2.24, 2.45) is 5.92 Å². The fraction of sp³-hybridized carbons (Fsp3) is 0.348. The fourth-order valence-corrected chi connectivity index (χ4v) is 4.47. The van der Waals surface area contributed by atoms with E-state index in [1.165, 1.54) is 6.08 Å². The van der Waals surface area contributed by atoms with Crippen LogP contribution in [0.5, 0.6) is 0 Å². The van der Waals surface area contributed by atoms with Crippen LogP contribution in [0.3, 0.4) is 0 Å². The first kappa shape index (κ1) is 25.1. The van der Waals surface area contributed by atoms with Gasteiger partial charge in [-0.15, -0.1) is 0 Å². The van der Waals surface area contributed by atoms with Crippen molar-refractivity contribution < 1.29 is 13.2 Å². The Hall–Kier alpha value is -2.19. The second kappa shape index (κ2) is 11.4. The van der Waals surface area contributed by atoms with Crippen LogP contribution in [-0.4, -0.2) is 45.9 Å². The number of amides is 1. The molecule has 2 atom stereocenters. The second-order valence-corrected chi connectivity index (χ2v) is 9.85. The Kier molecular flexibility index (Phi) is 9.25. The van der Waals surface area contributed by atoms with Gasteiger partial charge in [-0.05, 0) is 43.3 Å². The molecule has 0 fully saturated rings. The largest absolute Gasteiger partial charge is 0.353 e. The summed E-state index contributed by atoms with van der Waals surface area (Å²) in [5.74, 6) is -0.622. The lowest BCUT2D eigenvalue weighted by molar-refractivity contribution is -0.123. The van der Waals surface area contributed by atoms with Crippen molar-refractivity contribution in [1.29, 1.82) is 0 Å². The van der Waals surface area contributed by atoms with Crippen LogP contribution < -0.4 is 10.0 Å². The van der Waals surface area contributed by atoms with E-state index in [1.54, 1.807) is 32.0 Å². The van der Waals surface area contributed by atoms with Crippen LogP contribution in [0, 0.1) is 5.92 Å². The van der Waals surface area contributed by atoms with Gasteiger partial charge in [0, 0.05) is 17.0 Å². The van der Waals surface area contributed by atoms with E-state index in [2.05, 4.69) is 10.0 Å². The highest BCUT2D eigenvalue weighted by molar-refractivity contribution is 7.92. The van der Waals surface area contributed by atoms with Gasteiger partial charge in [0.2, 0.25) is 15.9 Å². The van der Waals surface area contributed by atoms with Crippen molar-refractivity contribution >= 4 is 33.6 Å². The summed E-state index contributed by atoms with van der Waals surface area (Å²) in [6, 6.07) is 15.5. The van der Waals surface area contributed by atoms with Crippen LogP contribution in [0.4, 0.5) is 0 Å². The van der Waals surface area contributed by atoms with Crippen molar-refractivity contribution in [1.82, 2.24) is 14.9 Å². The van der Waals surface area contributed by atoms with Gasteiger partial charge in [0.15, 0.2) is 0 Å². The highest BCUT2D eigenvalue weighted by Crippen LogP contribution is 2.25. The average molecular weight is 464 g/mol. The van der Waals surface area contributed by atoms with Gasteiger partial charge < -0.3 is 10.2 Å². The Balaban J connectivity index is 2.09. The number of hydrogen-bond acceptors (Lipinski definition) is 4. The number of benzene rings is 2. The monoisotopic (exact) mass is 463 g/mol. The van der Waals surface area contributed by atoms with E-state index in [1.807, 2.05) is 55.4 Å². The van der Waals surface area contributed by atoms with Crippen molar-refractivity contribution in [2.75, 3.05) is 20.6 Å². The van der Waals surface area contributed by atoms with E-state index in [0.717, 1.165) is 16.5 Å². The molecule has 0 saturated carbocycles. The first-order valence-corrected chi connectivity index (χ1v) is 12.0. The van der Waals surface area contributed by atoms with Crippen molar-refractivity contribution in [2.45, 2.75) is 25.9 Å². The molecule has 0 spiro atoms. The third-order valence-electron chi connectivity index (χ3n) is 4.84. The van der Waals surface area contributed by atoms with Gasteiger partial charge in [0.25, 0.3) is 0 Å². The summed E-state index contributed by atoms with van der Waals surface area (Å²) in [5.41, 5.74) is 1.65.